The molecule has 0 aliphatic rings. The van der Waals surface area contributed by atoms with E-state index in [2.05, 4.69) is 10.6 Å². The molecule has 6 nitrogen and oxygen atoms in total. The van der Waals surface area contributed by atoms with E-state index in [1.54, 1.807) is 18.2 Å². The second-order valence-electron chi connectivity index (χ2n) is 4.28. The highest BCUT2D eigenvalue weighted by atomic mass is 16.5. The quantitative estimate of drug-likeness (QED) is 0.639. The average molecular weight is 279 g/mol. The van der Waals surface area contributed by atoms with Gasteiger partial charge in [-0.05, 0) is 37.6 Å². The summed E-state index contributed by atoms with van der Waals surface area (Å²) in [5, 5.41) is 5.46. The minimum atomic E-state index is -0.243. The number of carbonyl (C=O) groups is 2. The fourth-order valence-corrected chi connectivity index (χ4v) is 1.64. The highest BCUT2D eigenvalue weighted by molar-refractivity contribution is 5.96. The molecule has 0 fully saturated rings. The third kappa shape index (κ3) is 4.99. The van der Waals surface area contributed by atoms with Gasteiger partial charge in [-0.25, -0.2) is 0 Å². The zero-order chi connectivity index (χ0) is 15.0. The van der Waals surface area contributed by atoms with E-state index in [4.69, 9.17) is 10.5 Å². The summed E-state index contributed by atoms with van der Waals surface area (Å²) in [6.45, 7) is 4.97. The molecule has 2 amide bonds. The smallest absolute Gasteiger partial charge is 0.251 e. The number of benzene rings is 1. The summed E-state index contributed by atoms with van der Waals surface area (Å²) in [7, 11) is 0. The number of aryl methyl sites for hydroxylation is 1. The van der Waals surface area contributed by atoms with Crippen LogP contribution in [0.2, 0.25) is 0 Å². The molecular formula is C14H21N3O3. The molecule has 0 aliphatic heterocycles. The minimum Gasteiger partial charge on any atom is -0.370 e. The minimum absolute atomic E-state index is 0.0330. The van der Waals surface area contributed by atoms with Crippen molar-refractivity contribution in [3.05, 3.63) is 29.3 Å². The van der Waals surface area contributed by atoms with Crippen LogP contribution in [-0.2, 0) is 9.53 Å². The van der Waals surface area contributed by atoms with Crippen LogP contribution in [0.1, 0.15) is 22.8 Å². The summed E-state index contributed by atoms with van der Waals surface area (Å²) in [5.41, 5.74) is 7.32. The number of hydrogen-bond donors (Lipinski definition) is 3. The Hall–Kier alpha value is -1.92. The molecule has 0 heterocycles. The fourth-order valence-electron chi connectivity index (χ4n) is 1.64. The number of hydrogen-bond acceptors (Lipinski definition) is 4. The van der Waals surface area contributed by atoms with Crippen molar-refractivity contribution in [2.75, 3.05) is 31.6 Å². The number of carbonyl (C=O) groups excluding carboxylic acids is 2. The van der Waals surface area contributed by atoms with Crippen LogP contribution in [0.15, 0.2) is 18.2 Å². The molecule has 0 spiro atoms. The first-order valence-electron chi connectivity index (χ1n) is 6.55. The number of anilines is 1. The van der Waals surface area contributed by atoms with Gasteiger partial charge < -0.3 is 21.1 Å². The molecule has 0 aliphatic carbocycles. The maximum Gasteiger partial charge on any atom is 0.251 e. The van der Waals surface area contributed by atoms with Crippen LogP contribution in [0.5, 0.6) is 0 Å². The highest BCUT2D eigenvalue weighted by Gasteiger charge is 2.09. The standard InChI is InChI=1S/C14H21N3O3/c1-3-16-14(19)11-4-5-12(10(2)8-11)17-13(18)9-20-7-6-15/h4-5,8H,3,6-7,9,15H2,1-2H3,(H,16,19)(H,17,18). The summed E-state index contributed by atoms with van der Waals surface area (Å²) >= 11 is 0. The van der Waals surface area contributed by atoms with Gasteiger partial charge in [0, 0.05) is 24.3 Å². The predicted molar refractivity (Wildman–Crippen MR) is 77.7 cm³/mol. The van der Waals surface area contributed by atoms with Crippen molar-refractivity contribution in [2.45, 2.75) is 13.8 Å². The molecule has 20 heavy (non-hydrogen) atoms. The van der Waals surface area contributed by atoms with Gasteiger partial charge in [0.15, 0.2) is 0 Å². The lowest BCUT2D eigenvalue weighted by molar-refractivity contribution is -0.120. The number of nitrogens with one attached hydrogen (secondary N) is 2. The summed E-state index contributed by atoms with van der Waals surface area (Å²) in [4.78, 5) is 23.3. The third-order valence-electron chi connectivity index (χ3n) is 2.60. The van der Waals surface area contributed by atoms with Gasteiger partial charge in [0.05, 0.1) is 6.61 Å². The first-order chi connectivity index (χ1) is 9.58. The molecule has 0 atom stereocenters. The summed E-state index contributed by atoms with van der Waals surface area (Å²) in [5.74, 6) is -0.368. The molecule has 110 valence electrons. The Labute approximate surface area is 118 Å². The zero-order valence-corrected chi connectivity index (χ0v) is 11.9. The Morgan fingerprint density at radius 2 is 2.10 bits per heavy atom. The van der Waals surface area contributed by atoms with Gasteiger partial charge in [0.2, 0.25) is 5.91 Å². The van der Waals surface area contributed by atoms with Crippen molar-refractivity contribution in [2.24, 2.45) is 5.73 Å². The maximum atomic E-state index is 11.7. The fraction of sp³-hybridized carbons (Fsp3) is 0.429. The highest BCUT2D eigenvalue weighted by Crippen LogP contribution is 2.16. The van der Waals surface area contributed by atoms with Crippen LogP contribution in [0, 0.1) is 6.92 Å². The Bertz CT molecular complexity index is 475. The molecule has 0 bridgehead atoms. The monoisotopic (exact) mass is 279 g/mol. The molecule has 0 radical (unpaired) electrons. The van der Waals surface area contributed by atoms with E-state index < -0.39 is 0 Å². The van der Waals surface area contributed by atoms with E-state index in [1.165, 1.54) is 0 Å². The topological polar surface area (TPSA) is 93.5 Å². The molecule has 1 rings (SSSR count). The lowest BCUT2D eigenvalue weighted by atomic mass is 10.1. The largest absolute Gasteiger partial charge is 0.370 e. The molecule has 1 aromatic rings. The van der Waals surface area contributed by atoms with Gasteiger partial charge in [-0.1, -0.05) is 0 Å². The van der Waals surface area contributed by atoms with Crippen molar-refractivity contribution < 1.29 is 14.3 Å². The van der Waals surface area contributed by atoms with Crippen molar-refractivity contribution in [1.29, 1.82) is 0 Å². The van der Waals surface area contributed by atoms with Gasteiger partial charge in [0.1, 0.15) is 6.61 Å². The molecular weight excluding hydrogens is 258 g/mol. The second kappa shape index (κ2) is 8.29. The Balaban J connectivity index is 2.64. The van der Waals surface area contributed by atoms with Crippen LogP contribution >= 0.6 is 0 Å². The molecule has 0 aromatic heterocycles. The van der Waals surface area contributed by atoms with Crippen LogP contribution in [0.25, 0.3) is 0 Å². The molecule has 0 saturated carbocycles. The Morgan fingerprint density at radius 3 is 2.70 bits per heavy atom. The number of amides is 2. The molecule has 1 aromatic carbocycles. The third-order valence-corrected chi connectivity index (χ3v) is 2.60. The van der Waals surface area contributed by atoms with E-state index in [1.807, 2.05) is 13.8 Å². The lowest BCUT2D eigenvalue weighted by Crippen LogP contribution is -2.23. The second-order valence-corrected chi connectivity index (χ2v) is 4.28. The van der Waals surface area contributed by atoms with E-state index in [-0.39, 0.29) is 18.4 Å². The normalized spacial score (nSPS) is 10.2. The number of ether oxygens (including phenoxy) is 1. The van der Waals surface area contributed by atoms with Gasteiger partial charge in [-0.2, -0.15) is 0 Å². The van der Waals surface area contributed by atoms with Crippen LogP contribution in [0.4, 0.5) is 5.69 Å². The van der Waals surface area contributed by atoms with Crippen LogP contribution in [-0.4, -0.2) is 38.1 Å². The first-order valence-corrected chi connectivity index (χ1v) is 6.55. The molecule has 6 heteroatoms. The van der Waals surface area contributed by atoms with Crippen molar-refractivity contribution in [3.8, 4) is 0 Å². The lowest BCUT2D eigenvalue weighted by Gasteiger charge is -2.10. The predicted octanol–water partition coefficient (Wildman–Crippen LogP) is 0.659. The zero-order valence-electron chi connectivity index (χ0n) is 11.9. The Morgan fingerprint density at radius 1 is 1.35 bits per heavy atom. The van der Waals surface area contributed by atoms with E-state index in [0.717, 1.165) is 5.56 Å². The van der Waals surface area contributed by atoms with Gasteiger partial charge >= 0.3 is 0 Å². The maximum absolute atomic E-state index is 11.7. The summed E-state index contributed by atoms with van der Waals surface area (Å²) < 4.78 is 5.05. The SMILES string of the molecule is CCNC(=O)c1ccc(NC(=O)COCCN)c(C)c1. The van der Waals surface area contributed by atoms with E-state index in [9.17, 15) is 9.59 Å². The van der Waals surface area contributed by atoms with Crippen molar-refractivity contribution in [3.63, 3.8) is 0 Å². The Kier molecular flexibility index (Phi) is 6.69. The van der Waals surface area contributed by atoms with Gasteiger partial charge in [-0.3, -0.25) is 9.59 Å². The van der Waals surface area contributed by atoms with E-state index in [0.29, 0.717) is 30.9 Å². The molecule has 0 unspecified atom stereocenters. The van der Waals surface area contributed by atoms with Gasteiger partial charge in [-0.15, -0.1) is 0 Å². The van der Waals surface area contributed by atoms with Gasteiger partial charge in [0.25, 0.3) is 5.91 Å². The van der Waals surface area contributed by atoms with Crippen LogP contribution < -0.4 is 16.4 Å². The number of nitrogens with two attached hydrogens (primary N) is 1. The number of rotatable bonds is 7. The average Bonchev–Trinajstić information content (AvgIpc) is 2.41. The van der Waals surface area contributed by atoms with E-state index >= 15 is 0 Å². The summed E-state index contributed by atoms with van der Waals surface area (Å²) in [6, 6.07) is 5.12. The van der Waals surface area contributed by atoms with Crippen molar-refractivity contribution in [1.82, 2.24) is 5.32 Å². The van der Waals surface area contributed by atoms with Crippen molar-refractivity contribution >= 4 is 17.5 Å². The molecule has 4 N–H and O–H groups in total. The summed E-state index contributed by atoms with van der Waals surface area (Å²) in [6.07, 6.45) is 0. The first kappa shape index (κ1) is 16.1. The van der Waals surface area contributed by atoms with Crippen LogP contribution in [0.3, 0.4) is 0 Å². The molecule has 0 saturated heterocycles.